The van der Waals surface area contributed by atoms with Gasteiger partial charge in [-0.05, 0) is 30.3 Å². The van der Waals surface area contributed by atoms with Crippen molar-refractivity contribution in [2.75, 3.05) is 37.7 Å². The molecule has 1 aliphatic heterocycles. The highest BCUT2D eigenvalue weighted by molar-refractivity contribution is 5.78. The van der Waals surface area contributed by atoms with Crippen molar-refractivity contribution < 1.29 is 27.2 Å². The van der Waals surface area contributed by atoms with Crippen LogP contribution in [0.1, 0.15) is 11.5 Å². The third-order valence-electron chi connectivity index (χ3n) is 5.01. The first-order valence-corrected chi connectivity index (χ1v) is 9.89. The van der Waals surface area contributed by atoms with E-state index in [0.717, 1.165) is 23.5 Å². The van der Waals surface area contributed by atoms with E-state index in [2.05, 4.69) is 15.1 Å². The molecule has 0 radical (unpaired) electrons. The van der Waals surface area contributed by atoms with Crippen molar-refractivity contribution in [2.24, 2.45) is 0 Å². The minimum atomic E-state index is -4.46. The molecule has 0 N–H and O–H groups in total. The molecule has 8 nitrogen and oxygen atoms in total. The second kappa shape index (κ2) is 8.85. The molecular weight excluding hydrogens is 427 g/mol. The van der Waals surface area contributed by atoms with E-state index in [1.165, 1.54) is 12.1 Å². The SMILES string of the molecule is Cc1nc(-c2ccc(N3CCN(C(=O)COc4cccc(C(F)(F)F)c4)CC3)nc2)no1. The summed E-state index contributed by atoms with van der Waals surface area (Å²) in [6.45, 7) is 3.45. The Balaban J connectivity index is 1.28. The third-order valence-corrected chi connectivity index (χ3v) is 5.01. The molecule has 168 valence electrons. The van der Waals surface area contributed by atoms with Crippen LogP contribution in [0.2, 0.25) is 0 Å². The molecule has 32 heavy (non-hydrogen) atoms. The molecule has 3 heterocycles. The minimum absolute atomic E-state index is 0.00731. The summed E-state index contributed by atoms with van der Waals surface area (Å²) in [4.78, 5) is 24.7. The minimum Gasteiger partial charge on any atom is -0.484 e. The number of aryl methyl sites for hydroxylation is 1. The maximum absolute atomic E-state index is 12.8. The quantitative estimate of drug-likeness (QED) is 0.594. The fraction of sp³-hybridized carbons (Fsp3) is 0.333. The van der Waals surface area contributed by atoms with Crippen LogP contribution in [0, 0.1) is 6.92 Å². The second-order valence-electron chi connectivity index (χ2n) is 7.22. The number of amides is 1. The largest absolute Gasteiger partial charge is 0.484 e. The van der Waals surface area contributed by atoms with Crippen molar-refractivity contribution >= 4 is 11.7 Å². The molecule has 1 fully saturated rings. The number of carbonyl (C=O) groups excluding carboxylic acids is 1. The van der Waals surface area contributed by atoms with Crippen molar-refractivity contribution in [3.63, 3.8) is 0 Å². The average Bonchev–Trinajstić information content (AvgIpc) is 3.23. The highest BCUT2D eigenvalue weighted by atomic mass is 19.4. The fourth-order valence-corrected chi connectivity index (χ4v) is 3.31. The second-order valence-corrected chi connectivity index (χ2v) is 7.22. The summed E-state index contributed by atoms with van der Waals surface area (Å²) in [7, 11) is 0. The van der Waals surface area contributed by atoms with Crippen LogP contribution in [0.5, 0.6) is 5.75 Å². The Labute approximate surface area is 181 Å². The monoisotopic (exact) mass is 447 g/mol. The van der Waals surface area contributed by atoms with E-state index in [4.69, 9.17) is 9.26 Å². The molecule has 3 aromatic rings. The van der Waals surface area contributed by atoms with Crippen molar-refractivity contribution in [1.29, 1.82) is 0 Å². The Morgan fingerprint density at radius 2 is 1.94 bits per heavy atom. The zero-order chi connectivity index (χ0) is 22.7. The highest BCUT2D eigenvalue weighted by Gasteiger charge is 2.30. The number of alkyl halides is 3. The number of carbonyl (C=O) groups is 1. The Kier molecular flexibility index (Phi) is 5.97. The van der Waals surface area contributed by atoms with E-state index in [9.17, 15) is 18.0 Å². The number of piperazine rings is 1. The molecule has 1 aliphatic rings. The highest BCUT2D eigenvalue weighted by Crippen LogP contribution is 2.31. The standard InChI is InChI=1S/C21H20F3N5O3/c1-14-26-20(27-32-14)15-5-6-18(25-12-15)28-7-9-29(10-8-28)19(30)13-31-17-4-2-3-16(11-17)21(22,23)24/h2-6,11-12H,7-10,13H2,1H3. The lowest BCUT2D eigenvalue weighted by Gasteiger charge is -2.35. The molecule has 0 saturated carbocycles. The van der Waals surface area contributed by atoms with Gasteiger partial charge >= 0.3 is 6.18 Å². The predicted molar refractivity (Wildman–Crippen MR) is 108 cm³/mol. The number of halogens is 3. The Morgan fingerprint density at radius 3 is 2.56 bits per heavy atom. The van der Waals surface area contributed by atoms with Crippen molar-refractivity contribution in [1.82, 2.24) is 20.0 Å². The Morgan fingerprint density at radius 1 is 1.16 bits per heavy atom. The molecule has 0 bridgehead atoms. The Bertz CT molecular complexity index is 1080. The van der Waals surface area contributed by atoms with Gasteiger partial charge in [0, 0.05) is 44.9 Å². The number of hydrogen-bond donors (Lipinski definition) is 0. The van der Waals surface area contributed by atoms with Gasteiger partial charge in [0.05, 0.1) is 5.56 Å². The molecule has 1 aromatic carbocycles. The zero-order valence-electron chi connectivity index (χ0n) is 17.2. The molecule has 0 aliphatic carbocycles. The van der Waals surface area contributed by atoms with Gasteiger partial charge < -0.3 is 19.1 Å². The van der Waals surface area contributed by atoms with Crippen molar-refractivity contribution in [3.05, 3.63) is 54.0 Å². The first kappa shape index (κ1) is 21.6. The molecule has 1 amide bonds. The summed E-state index contributed by atoms with van der Waals surface area (Å²) in [6, 6.07) is 8.20. The number of benzene rings is 1. The van der Waals surface area contributed by atoms with Crippen LogP contribution >= 0.6 is 0 Å². The maximum atomic E-state index is 12.8. The predicted octanol–water partition coefficient (Wildman–Crippen LogP) is 3.19. The number of anilines is 1. The van der Waals surface area contributed by atoms with E-state index in [1.54, 1.807) is 18.0 Å². The topological polar surface area (TPSA) is 84.6 Å². The van der Waals surface area contributed by atoms with Gasteiger partial charge in [-0.15, -0.1) is 0 Å². The van der Waals surface area contributed by atoms with E-state index in [-0.39, 0.29) is 18.3 Å². The summed E-state index contributed by atoms with van der Waals surface area (Å²) < 4.78 is 48.6. The van der Waals surface area contributed by atoms with Crippen LogP contribution < -0.4 is 9.64 Å². The van der Waals surface area contributed by atoms with Gasteiger partial charge in [-0.2, -0.15) is 18.2 Å². The number of hydrogen-bond acceptors (Lipinski definition) is 7. The van der Waals surface area contributed by atoms with Crippen LogP contribution in [0.25, 0.3) is 11.4 Å². The van der Waals surface area contributed by atoms with E-state index in [0.29, 0.717) is 37.9 Å². The summed E-state index contributed by atoms with van der Waals surface area (Å²) in [5.74, 6) is 1.44. The van der Waals surface area contributed by atoms with Crippen LogP contribution in [0.4, 0.5) is 19.0 Å². The smallest absolute Gasteiger partial charge is 0.416 e. The average molecular weight is 447 g/mol. The van der Waals surface area contributed by atoms with Crippen LogP contribution in [0.3, 0.4) is 0 Å². The van der Waals surface area contributed by atoms with Gasteiger partial charge in [0.25, 0.3) is 5.91 Å². The van der Waals surface area contributed by atoms with Gasteiger partial charge in [0.15, 0.2) is 6.61 Å². The maximum Gasteiger partial charge on any atom is 0.416 e. The Hall–Kier alpha value is -3.63. The summed E-state index contributed by atoms with van der Waals surface area (Å²) in [6.07, 6.45) is -2.80. The molecule has 2 aromatic heterocycles. The number of rotatable bonds is 5. The molecular formula is C21H20F3N5O3. The summed E-state index contributed by atoms with van der Waals surface area (Å²) in [5, 5.41) is 3.86. The summed E-state index contributed by atoms with van der Waals surface area (Å²) >= 11 is 0. The lowest BCUT2D eigenvalue weighted by atomic mass is 10.2. The lowest BCUT2D eigenvalue weighted by Crippen LogP contribution is -2.50. The third kappa shape index (κ3) is 4.98. The van der Waals surface area contributed by atoms with Crippen LogP contribution in [-0.4, -0.2) is 58.7 Å². The van der Waals surface area contributed by atoms with Crippen LogP contribution in [0.15, 0.2) is 47.1 Å². The number of pyridine rings is 1. The molecule has 0 unspecified atom stereocenters. The van der Waals surface area contributed by atoms with E-state index in [1.807, 2.05) is 17.0 Å². The lowest BCUT2D eigenvalue weighted by molar-refractivity contribution is -0.137. The number of nitrogens with zero attached hydrogens (tertiary/aromatic N) is 5. The fourth-order valence-electron chi connectivity index (χ4n) is 3.31. The van der Waals surface area contributed by atoms with Gasteiger partial charge in [0.1, 0.15) is 11.6 Å². The first-order chi connectivity index (χ1) is 15.3. The molecule has 4 rings (SSSR count). The van der Waals surface area contributed by atoms with Gasteiger partial charge in [-0.1, -0.05) is 11.2 Å². The number of aromatic nitrogens is 3. The molecule has 1 saturated heterocycles. The van der Waals surface area contributed by atoms with E-state index < -0.39 is 11.7 Å². The molecule has 0 spiro atoms. The summed E-state index contributed by atoms with van der Waals surface area (Å²) in [5.41, 5.74) is -0.0739. The normalized spacial score (nSPS) is 14.5. The van der Waals surface area contributed by atoms with Gasteiger partial charge in [0.2, 0.25) is 11.7 Å². The molecule has 11 heteroatoms. The van der Waals surface area contributed by atoms with Crippen molar-refractivity contribution in [2.45, 2.75) is 13.1 Å². The zero-order valence-corrected chi connectivity index (χ0v) is 17.2. The van der Waals surface area contributed by atoms with Gasteiger partial charge in [-0.25, -0.2) is 4.98 Å². The van der Waals surface area contributed by atoms with Gasteiger partial charge in [-0.3, -0.25) is 4.79 Å². The molecule has 0 atom stereocenters. The van der Waals surface area contributed by atoms with Crippen LogP contribution in [-0.2, 0) is 11.0 Å². The van der Waals surface area contributed by atoms with Crippen molar-refractivity contribution in [3.8, 4) is 17.1 Å². The van der Waals surface area contributed by atoms with E-state index >= 15 is 0 Å². The first-order valence-electron chi connectivity index (χ1n) is 9.89. The number of ether oxygens (including phenoxy) is 1.